The Morgan fingerprint density at radius 2 is 1.76 bits per heavy atom. The molecule has 2 rings (SSSR count). The molecular weight excluding hydrogens is 338 g/mol. The molecule has 0 heterocycles. The first-order chi connectivity index (χ1) is 8.08. The summed E-state index contributed by atoms with van der Waals surface area (Å²) in [4.78, 5) is 23.5. The van der Waals surface area contributed by atoms with Gasteiger partial charge < -0.3 is 5.32 Å². The van der Waals surface area contributed by atoms with Crippen LogP contribution in [0.25, 0.3) is 0 Å². The summed E-state index contributed by atoms with van der Waals surface area (Å²) in [6.45, 7) is 0. The Morgan fingerprint density at radius 3 is 2.24 bits per heavy atom. The molecule has 0 atom stereocenters. The van der Waals surface area contributed by atoms with Gasteiger partial charge in [-0.2, -0.15) is 0 Å². The van der Waals surface area contributed by atoms with E-state index in [1.807, 2.05) is 0 Å². The fraction of sp³-hybridized carbons (Fsp3) is 0.273. The number of amides is 2. The van der Waals surface area contributed by atoms with Gasteiger partial charge in [-0.25, -0.2) is 4.39 Å². The van der Waals surface area contributed by atoms with Crippen LogP contribution in [0.15, 0.2) is 24.3 Å². The zero-order valence-corrected chi connectivity index (χ0v) is 11.0. The van der Waals surface area contributed by atoms with Crippen molar-refractivity contribution in [2.45, 2.75) is 12.8 Å². The average Bonchev–Trinajstić information content (AvgIpc) is 3.12. The molecule has 2 N–H and O–H groups in total. The van der Waals surface area contributed by atoms with E-state index in [0.29, 0.717) is 18.5 Å². The number of rotatable bonds is 3. The first-order valence-corrected chi connectivity index (χ1v) is 6.14. The van der Waals surface area contributed by atoms with Crippen molar-refractivity contribution >= 4 is 40.4 Å². The number of nitrogens with one attached hydrogen (secondary N) is 2. The highest BCUT2D eigenvalue weighted by Crippen LogP contribution is 2.47. The minimum absolute atomic E-state index is 0.280. The zero-order valence-electron chi connectivity index (χ0n) is 8.80. The molecule has 0 radical (unpaired) electrons. The highest BCUT2D eigenvalue weighted by molar-refractivity contribution is 14.1. The summed E-state index contributed by atoms with van der Waals surface area (Å²) in [5, 5.41) is 2.62. The summed E-state index contributed by atoms with van der Waals surface area (Å²) in [7, 11) is 0. The molecule has 0 unspecified atom stereocenters. The molecule has 17 heavy (non-hydrogen) atoms. The van der Waals surface area contributed by atoms with E-state index in [1.165, 1.54) is 24.3 Å². The van der Waals surface area contributed by atoms with Crippen LogP contribution in [0.2, 0.25) is 0 Å². The number of hydrogen-bond donors (Lipinski definition) is 2. The van der Waals surface area contributed by atoms with E-state index in [0.717, 1.165) is 0 Å². The van der Waals surface area contributed by atoms with E-state index in [1.54, 1.807) is 22.9 Å². The molecule has 0 bridgehead atoms. The quantitative estimate of drug-likeness (QED) is 0.499. The van der Waals surface area contributed by atoms with Crippen molar-refractivity contribution in [3.8, 4) is 0 Å². The lowest BCUT2D eigenvalue weighted by atomic mass is 10.1. The van der Waals surface area contributed by atoms with Crippen LogP contribution in [0.1, 0.15) is 12.8 Å². The van der Waals surface area contributed by atoms with Crippen LogP contribution in [0.3, 0.4) is 0 Å². The molecule has 1 aliphatic rings. The molecular formula is C11H10FIN2O2. The third-order valence-electron chi connectivity index (χ3n) is 2.81. The Labute approximate surface area is 111 Å². The Balaban J connectivity index is 2.07. The topological polar surface area (TPSA) is 58.2 Å². The molecule has 2 amide bonds. The third kappa shape index (κ3) is 2.41. The molecule has 1 aliphatic carbocycles. The van der Waals surface area contributed by atoms with Gasteiger partial charge in [-0.05, 0) is 37.1 Å². The molecule has 4 nitrogen and oxygen atoms in total. The number of halogens is 2. The van der Waals surface area contributed by atoms with Crippen molar-refractivity contribution in [2.24, 2.45) is 5.41 Å². The van der Waals surface area contributed by atoms with E-state index >= 15 is 0 Å². The van der Waals surface area contributed by atoms with Gasteiger partial charge in [-0.15, -0.1) is 0 Å². The second-order valence-electron chi connectivity index (χ2n) is 3.97. The van der Waals surface area contributed by atoms with Gasteiger partial charge in [0.25, 0.3) is 0 Å². The minimum Gasteiger partial charge on any atom is -0.325 e. The lowest BCUT2D eigenvalue weighted by Crippen LogP contribution is -2.36. The van der Waals surface area contributed by atoms with Crippen LogP contribution in [-0.2, 0) is 9.59 Å². The smallest absolute Gasteiger partial charge is 0.244 e. The molecule has 1 saturated carbocycles. The molecule has 6 heteroatoms. The second kappa shape index (κ2) is 4.59. The van der Waals surface area contributed by atoms with Gasteiger partial charge in [0.15, 0.2) is 0 Å². The maximum absolute atomic E-state index is 12.7. The summed E-state index contributed by atoms with van der Waals surface area (Å²) in [6, 6.07) is 5.44. The summed E-state index contributed by atoms with van der Waals surface area (Å²) < 4.78 is 15.1. The summed E-state index contributed by atoms with van der Waals surface area (Å²) >= 11 is 1.72. The summed E-state index contributed by atoms with van der Waals surface area (Å²) in [5.74, 6) is -0.981. The predicted molar refractivity (Wildman–Crippen MR) is 68.9 cm³/mol. The summed E-state index contributed by atoms with van der Waals surface area (Å²) in [6.07, 6.45) is 1.10. The van der Waals surface area contributed by atoms with Crippen LogP contribution in [0.4, 0.5) is 10.1 Å². The first kappa shape index (κ1) is 12.3. The Morgan fingerprint density at radius 1 is 1.18 bits per heavy atom. The predicted octanol–water partition coefficient (Wildman–Crippen LogP) is 2.01. The van der Waals surface area contributed by atoms with E-state index in [4.69, 9.17) is 0 Å². The van der Waals surface area contributed by atoms with Gasteiger partial charge in [0.1, 0.15) is 11.2 Å². The van der Waals surface area contributed by atoms with Gasteiger partial charge in [0.05, 0.1) is 22.9 Å². The fourth-order valence-corrected chi connectivity index (χ4v) is 2.07. The molecule has 90 valence electrons. The molecule has 0 spiro atoms. The Bertz CT molecular complexity index is 457. The summed E-state index contributed by atoms with van der Waals surface area (Å²) in [5.41, 5.74) is -0.445. The molecule has 1 aromatic rings. The van der Waals surface area contributed by atoms with Gasteiger partial charge in [-0.3, -0.25) is 13.1 Å². The van der Waals surface area contributed by atoms with Crippen molar-refractivity contribution in [1.29, 1.82) is 0 Å². The Kier molecular flexibility index (Phi) is 3.32. The largest absolute Gasteiger partial charge is 0.325 e. The normalized spacial score (nSPS) is 16.1. The van der Waals surface area contributed by atoms with Crippen LogP contribution in [0, 0.1) is 11.2 Å². The fourth-order valence-electron chi connectivity index (χ4n) is 1.56. The zero-order chi connectivity index (χ0) is 12.5. The number of carbonyl (C=O) groups excluding carboxylic acids is 2. The van der Waals surface area contributed by atoms with E-state index < -0.39 is 5.41 Å². The lowest BCUT2D eigenvalue weighted by Gasteiger charge is -2.12. The molecule has 1 fully saturated rings. The maximum Gasteiger partial charge on any atom is 0.244 e. The highest BCUT2D eigenvalue weighted by Gasteiger charge is 2.56. The van der Waals surface area contributed by atoms with Gasteiger partial charge in [0.2, 0.25) is 11.8 Å². The number of carbonyl (C=O) groups is 2. The van der Waals surface area contributed by atoms with E-state index in [9.17, 15) is 14.0 Å². The van der Waals surface area contributed by atoms with Crippen LogP contribution in [-0.4, -0.2) is 11.8 Å². The van der Waals surface area contributed by atoms with Crippen molar-refractivity contribution < 1.29 is 14.0 Å². The molecule has 0 aliphatic heterocycles. The molecule has 0 aromatic heterocycles. The standard InChI is InChI=1S/C11H10FIN2O2/c12-7-1-3-8(4-2-7)14-9(16)11(5-6-11)10(17)15-13/h1-4H,5-6H2,(H,14,16)(H,15,17). The van der Waals surface area contributed by atoms with Crippen LogP contribution in [0.5, 0.6) is 0 Å². The molecule has 0 saturated heterocycles. The number of hydrogen-bond acceptors (Lipinski definition) is 2. The number of benzene rings is 1. The number of anilines is 1. The SMILES string of the molecule is O=C(NI)C1(C(=O)Nc2ccc(F)cc2)CC1. The lowest BCUT2D eigenvalue weighted by molar-refractivity contribution is -0.132. The first-order valence-electron chi connectivity index (χ1n) is 5.06. The monoisotopic (exact) mass is 348 g/mol. The van der Waals surface area contributed by atoms with Gasteiger partial charge in [0, 0.05) is 5.69 Å². The maximum atomic E-state index is 12.7. The van der Waals surface area contributed by atoms with E-state index in [-0.39, 0.29) is 17.6 Å². The third-order valence-corrected chi connectivity index (χ3v) is 3.30. The highest BCUT2D eigenvalue weighted by atomic mass is 127. The average molecular weight is 348 g/mol. The van der Waals surface area contributed by atoms with Crippen molar-refractivity contribution in [2.75, 3.05) is 5.32 Å². The van der Waals surface area contributed by atoms with Crippen molar-refractivity contribution in [3.63, 3.8) is 0 Å². The minimum atomic E-state index is -0.935. The molecule has 1 aromatic carbocycles. The Hall–Kier alpha value is -1.18. The van der Waals surface area contributed by atoms with Crippen LogP contribution >= 0.6 is 22.9 Å². The van der Waals surface area contributed by atoms with Crippen molar-refractivity contribution in [1.82, 2.24) is 3.53 Å². The van der Waals surface area contributed by atoms with Crippen LogP contribution < -0.4 is 8.85 Å². The van der Waals surface area contributed by atoms with Gasteiger partial charge in [-0.1, -0.05) is 0 Å². The van der Waals surface area contributed by atoms with E-state index in [2.05, 4.69) is 8.85 Å². The van der Waals surface area contributed by atoms with Crippen molar-refractivity contribution in [3.05, 3.63) is 30.1 Å². The second-order valence-corrected chi connectivity index (χ2v) is 4.51. The van der Waals surface area contributed by atoms with Gasteiger partial charge >= 0.3 is 0 Å².